The summed E-state index contributed by atoms with van der Waals surface area (Å²) in [6.45, 7) is 6.16. The first-order valence-corrected chi connectivity index (χ1v) is 11.3. The number of carbonyl (C=O) groups excluding carboxylic acids is 1. The summed E-state index contributed by atoms with van der Waals surface area (Å²) in [5.41, 5.74) is 1.99. The molecule has 7 nitrogen and oxygen atoms in total. The van der Waals surface area contributed by atoms with Gasteiger partial charge in [-0.25, -0.2) is 0 Å². The summed E-state index contributed by atoms with van der Waals surface area (Å²) in [6.07, 6.45) is 0.340. The zero-order chi connectivity index (χ0) is 21.6. The van der Waals surface area contributed by atoms with Gasteiger partial charge in [0.05, 0.1) is 5.75 Å². The molecule has 31 heavy (non-hydrogen) atoms. The highest BCUT2D eigenvalue weighted by molar-refractivity contribution is 7.99. The van der Waals surface area contributed by atoms with Crippen LogP contribution >= 0.6 is 11.8 Å². The molecule has 0 saturated carbocycles. The van der Waals surface area contributed by atoms with Gasteiger partial charge < -0.3 is 18.8 Å². The van der Waals surface area contributed by atoms with Crippen molar-refractivity contribution in [3.63, 3.8) is 0 Å². The molecular weight excluding hydrogens is 414 g/mol. The second-order valence-corrected chi connectivity index (χ2v) is 8.12. The van der Waals surface area contributed by atoms with E-state index in [0.29, 0.717) is 44.3 Å². The first-order valence-electron chi connectivity index (χ1n) is 10.3. The second kappa shape index (κ2) is 9.87. The van der Waals surface area contributed by atoms with Crippen LogP contribution in [0.15, 0.2) is 47.6 Å². The van der Waals surface area contributed by atoms with Gasteiger partial charge in [0.2, 0.25) is 0 Å². The van der Waals surface area contributed by atoms with Crippen LogP contribution in [0.25, 0.3) is 0 Å². The molecule has 0 amide bonds. The molecule has 2 heterocycles. The van der Waals surface area contributed by atoms with E-state index in [0.717, 1.165) is 33.6 Å². The Morgan fingerprint density at radius 1 is 1.13 bits per heavy atom. The molecule has 0 fully saturated rings. The maximum atomic E-state index is 12.5. The quantitative estimate of drug-likeness (QED) is 0.469. The molecule has 0 N–H and O–H groups in total. The number of thioether (sulfide) groups is 1. The van der Waals surface area contributed by atoms with Crippen LogP contribution in [0.5, 0.6) is 17.2 Å². The van der Waals surface area contributed by atoms with Crippen LogP contribution in [0.2, 0.25) is 0 Å². The van der Waals surface area contributed by atoms with Gasteiger partial charge in [-0.2, -0.15) is 0 Å². The molecule has 1 aromatic heterocycles. The number of rotatable bonds is 9. The third kappa shape index (κ3) is 5.19. The lowest BCUT2D eigenvalue weighted by molar-refractivity contribution is -0.116. The Hall–Kier alpha value is -3.00. The number of para-hydroxylation sites is 1. The Morgan fingerprint density at radius 3 is 2.74 bits per heavy atom. The number of hydrogen-bond donors (Lipinski definition) is 0. The molecule has 0 bridgehead atoms. The van der Waals surface area contributed by atoms with Crippen LogP contribution in [0.1, 0.15) is 23.9 Å². The van der Waals surface area contributed by atoms with E-state index in [2.05, 4.69) is 10.2 Å². The monoisotopic (exact) mass is 439 g/mol. The fourth-order valence-electron chi connectivity index (χ4n) is 3.33. The third-order valence-corrected chi connectivity index (χ3v) is 5.96. The zero-order valence-electron chi connectivity index (χ0n) is 17.7. The summed E-state index contributed by atoms with van der Waals surface area (Å²) in [4.78, 5) is 12.5. The summed E-state index contributed by atoms with van der Waals surface area (Å²) < 4.78 is 19.0. The van der Waals surface area contributed by atoms with Gasteiger partial charge >= 0.3 is 0 Å². The number of ketones is 1. The van der Waals surface area contributed by atoms with Crippen LogP contribution in [0.4, 0.5) is 0 Å². The molecule has 0 saturated heterocycles. The Balaban J connectivity index is 1.34. The van der Waals surface area contributed by atoms with E-state index in [9.17, 15) is 4.79 Å². The molecule has 4 rings (SSSR count). The normalized spacial score (nSPS) is 12.6. The van der Waals surface area contributed by atoms with Gasteiger partial charge in [0, 0.05) is 13.0 Å². The molecule has 162 valence electrons. The van der Waals surface area contributed by atoms with Crippen LogP contribution in [-0.2, 0) is 24.4 Å². The first kappa shape index (κ1) is 21.2. The summed E-state index contributed by atoms with van der Waals surface area (Å²) in [7, 11) is 0. The molecular formula is C23H25N3O4S. The Morgan fingerprint density at radius 2 is 1.94 bits per heavy atom. The molecule has 8 heteroatoms. The number of carbonyl (C=O) groups is 1. The van der Waals surface area contributed by atoms with E-state index < -0.39 is 0 Å². The van der Waals surface area contributed by atoms with Gasteiger partial charge in [0.15, 0.2) is 22.5 Å². The van der Waals surface area contributed by atoms with Crippen molar-refractivity contribution in [2.75, 3.05) is 19.0 Å². The van der Waals surface area contributed by atoms with Crippen LogP contribution in [0, 0.1) is 6.92 Å². The average molecular weight is 440 g/mol. The predicted molar refractivity (Wildman–Crippen MR) is 118 cm³/mol. The molecule has 0 spiro atoms. The average Bonchev–Trinajstić information content (AvgIpc) is 3.19. The Labute approximate surface area is 185 Å². The van der Waals surface area contributed by atoms with E-state index in [1.54, 1.807) is 0 Å². The van der Waals surface area contributed by atoms with E-state index in [-0.39, 0.29) is 5.78 Å². The molecule has 0 unspecified atom stereocenters. The van der Waals surface area contributed by atoms with Gasteiger partial charge in [-0.05, 0) is 43.2 Å². The standard InChI is InChI=1S/C23H25N3O4S/c1-3-26-22(14-30-19-7-5-4-6-16(19)2)24-25-23(26)31-15-18(27)12-17-8-9-20-21(13-17)29-11-10-28-20/h4-9,13H,3,10-12,14-15H2,1-2H3. The van der Waals surface area contributed by atoms with Crippen molar-refractivity contribution in [3.05, 3.63) is 59.4 Å². The van der Waals surface area contributed by atoms with E-state index >= 15 is 0 Å². The topological polar surface area (TPSA) is 75.5 Å². The van der Waals surface area contributed by atoms with Crippen LogP contribution in [-0.4, -0.2) is 39.5 Å². The molecule has 0 atom stereocenters. The van der Waals surface area contributed by atoms with E-state index in [1.165, 1.54) is 11.8 Å². The zero-order valence-corrected chi connectivity index (χ0v) is 18.5. The van der Waals surface area contributed by atoms with E-state index in [4.69, 9.17) is 14.2 Å². The maximum Gasteiger partial charge on any atom is 0.191 e. The van der Waals surface area contributed by atoms with Gasteiger partial charge in [-0.15, -0.1) is 10.2 Å². The number of aryl methyl sites for hydroxylation is 1. The summed E-state index contributed by atoms with van der Waals surface area (Å²) in [5.74, 6) is 3.45. The molecule has 1 aliphatic rings. The number of ether oxygens (including phenoxy) is 3. The summed E-state index contributed by atoms with van der Waals surface area (Å²) in [5, 5.41) is 9.26. The summed E-state index contributed by atoms with van der Waals surface area (Å²) in [6, 6.07) is 13.5. The number of nitrogens with zero attached hydrogens (tertiary/aromatic N) is 3. The minimum atomic E-state index is 0.116. The second-order valence-electron chi connectivity index (χ2n) is 7.18. The maximum absolute atomic E-state index is 12.5. The number of hydrogen-bond acceptors (Lipinski definition) is 7. The molecule has 1 aliphatic heterocycles. The third-order valence-electron chi connectivity index (χ3n) is 4.93. The highest BCUT2D eigenvalue weighted by atomic mass is 32.2. The number of Topliss-reactive ketones (excluding diaryl/α,β-unsaturated/α-hetero) is 1. The highest BCUT2D eigenvalue weighted by Crippen LogP contribution is 2.31. The number of benzene rings is 2. The van der Waals surface area contributed by atoms with E-state index in [1.807, 2.05) is 60.9 Å². The van der Waals surface area contributed by atoms with Crippen molar-refractivity contribution < 1.29 is 19.0 Å². The first-order chi connectivity index (χ1) is 15.1. The molecule has 0 aliphatic carbocycles. The van der Waals surface area contributed by atoms with Crippen molar-refractivity contribution in [1.82, 2.24) is 14.8 Å². The van der Waals surface area contributed by atoms with Crippen LogP contribution in [0.3, 0.4) is 0 Å². The Kier molecular flexibility index (Phi) is 6.76. The Bertz CT molecular complexity index is 1070. The lowest BCUT2D eigenvalue weighted by Crippen LogP contribution is -2.15. The lowest BCUT2D eigenvalue weighted by Gasteiger charge is -2.18. The van der Waals surface area contributed by atoms with Gasteiger partial charge in [-0.3, -0.25) is 4.79 Å². The smallest absolute Gasteiger partial charge is 0.191 e. The molecule has 3 aromatic rings. The predicted octanol–water partition coefficient (Wildman–Crippen LogP) is 3.86. The van der Waals surface area contributed by atoms with Crippen molar-refractivity contribution in [3.8, 4) is 17.2 Å². The molecule has 0 radical (unpaired) electrons. The largest absolute Gasteiger partial charge is 0.486 e. The van der Waals surface area contributed by atoms with Gasteiger partial charge in [0.1, 0.15) is 31.4 Å². The van der Waals surface area contributed by atoms with Crippen molar-refractivity contribution in [2.24, 2.45) is 0 Å². The SMILES string of the molecule is CCn1c(COc2ccccc2C)nnc1SCC(=O)Cc1ccc2c(c1)OCCO2. The van der Waals surface area contributed by atoms with Crippen molar-refractivity contribution in [2.45, 2.75) is 38.6 Å². The fraction of sp³-hybridized carbons (Fsp3) is 0.348. The number of fused-ring (bicyclic) bond motifs is 1. The number of aromatic nitrogens is 3. The van der Waals surface area contributed by atoms with Crippen molar-refractivity contribution in [1.29, 1.82) is 0 Å². The van der Waals surface area contributed by atoms with Gasteiger partial charge in [-0.1, -0.05) is 36.0 Å². The highest BCUT2D eigenvalue weighted by Gasteiger charge is 2.16. The summed E-state index contributed by atoms with van der Waals surface area (Å²) >= 11 is 1.40. The van der Waals surface area contributed by atoms with Gasteiger partial charge in [0.25, 0.3) is 0 Å². The van der Waals surface area contributed by atoms with Crippen molar-refractivity contribution >= 4 is 17.5 Å². The van der Waals surface area contributed by atoms with Crippen LogP contribution < -0.4 is 14.2 Å². The molecule has 2 aromatic carbocycles. The minimum absolute atomic E-state index is 0.116. The lowest BCUT2D eigenvalue weighted by atomic mass is 10.1. The fourth-order valence-corrected chi connectivity index (χ4v) is 4.21. The minimum Gasteiger partial charge on any atom is -0.486 e.